The lowest BCUT2D eigenvalue weighted by Gasteiger charge is -2.31. The monoisotopic (exact) mass is 475 g/mol. The van der Waals surface area contributed by atoms with E-state index < -0.39 is 0 Å². The van der Waals surface area contributed by atoms with Gasteiger partial charge in [-0.05, 0) is 61.7 Å². The molecular weight excluding hydrogens is 446 g/mol. The fraction of sp³-hybridized carbons (Fsp3) is 0.286. The molecule has 1 saturated heterocycles. The zero-order valence-electron chi connectivity index (χ0n) is 19.2. The SMILES string of the molecule is O=C(NCCc1ccccc1)c1ccccc1NC(=O)C1CCN(Cc2ccccc2Cl)CC1. The number of likely N-dealkylation sites (tertiary alicyclic amines) is 1. The van der Waals surface area contributed by atoms with E-state index in [-0.39, 0.29) is 17.7 Å². The molecule has 34 heavy (non-hydrogen) atoms. The Balaban J connectivity index is 1.29. The Hall–Kier alpha value is -3.15. The number of piperidine rings is 1. The molecule has 0 radical (unpaired) electrons. The molecule has 1 fully saturated rings. The van der Waals surface area contributed by atoms with E-state index in [1.54, 1.807) is 12.1 Å². The molecule has 3 aromatic rings. The van der Waals surface area contributed by atoms with Crippen LogP contribution in [0.2, 0.25) is 5.02 Å². The average molecular weight is 476 g/mol. The second-order valence-electron chi connectivity index (χ2n) is 8.67. The van der Waals surface area contributed by atoms with E-state index in [2.05, 4.69) is 15.5 Å². The Bertz CT molecular complexity index is 1110. The third-order valence-electron chi connectivity index (χ3n) is 6.28. The number of benzene rings is 3. The van der Waals surface area contributed by atoms with Gasteiger partial charge in [0.1, 0.15) is 0 Å². The number of amides is 2. The molecule has 0 aliphatic carbocycles. The molecule has 1 aliphatic heterocycles. The van der Waals surface area contributed by atoms with Crippen molar-refractivity contribution < 1.29 is 9.59 Å². The summed E-state index contributed by atoms with van der Waals surface area (Å²) in [4.78, 5) is 28.1. The van der Waals surface area contributed by atoms with Crippen molar-refractivity contribution in [1.29, 1.82) is 0 Å². The summed E-state index contributed by atoms with van der Waals surface area (Å²) < 4.78 is 0. The van der Waals surface area contributed by atoms with Gasteiger partial charge >= 0.3 is 0 Å². The predicted molar refractivity (Wildman–Crippen MR) is 137 cm³/mol. The van der Waals surface area contributed by atoms with Gasteiger partial charge in [-0.15, -0.1) is 0 Å². The fourth-order valence-electron chi connectivity index (χ4n) is 4.31. The smallest absolute Gasteiger partial charge is 0.253 e. The Morgan fingerprint density at radius 2 is 1.56 bits per heavy atom. The Morgan fingerprint density at radius 3 is 2.32 bits per heavy atom. The molecule has 5 nitrogen and oxygen atoms in total. The number of hydrogen-bond acceptors (Lipinski definition) is 3. The molecule has 1 heterocycles. The van der Waals surface area contributed by atoms with Gasteiger partial charge in [-0.25, -0.2) is 0 Å². The van der Waals surface area contributed by atoms with Gasteiger partial charge in [0.25, 0.3) is 5.91 Å². The predicted octanol–water partition coefficient (Wildman–Crippen LogP) is 5.16. The summed E-state index contributed by atoms with van der Waals surface area (Å²) >= 11 is 6.29. The van der Waals surface area contributed by atoms with Crippen molar-refractivity contribution in [1.82, 2.24) is 10.2 Å². The molecule has 176 valence electrons. The third kappa shape index (κ3) is 6.46. The van der Waals surface area contributed by atoms with Crippen LogP contribution in [-0.2, 0) is 17.8 Å². The third-order valence-corrected chi connectivity index (χ3v) is 6.65. The van der Waals surface area contributed by atoms with Crippen LogP contribution in [-0.4, -0.2) is 36.3 Å². The number of rotatable bonds is 8. The van der Waals surface area contributed by atoms with Crippen molar-refractivity contribution in [2.75, 3.05) is 25.0 Å². The van der Waals surface area contributed by atoms with E-state index in [1.165, 1.54) is 5.56 Å². The van der Waals surface area contributed by atoms with Crippen molar-refractivity contribution in [2.45, 2.75) is 25.8 Å². The number of hydrogen-bond donors (Lipinski definition) is 2. The first-order valence-corrected chi connectivity index (χ1v) is 12.2. The van der Waals surface area contributed by atoms with Gasteiger partial charge in [-0.1, -0.05) is 72.3 Å². The van der Waals surface area contributed by atoms with E-state index in [1.807, 2.05) is 66.7 Å². The normalized spacial score (nSPS) is 14.5. The first-order chi connectivity index (χ1) is 16.6. The van der Waals surface area contributed by atoms with Crippen LogP contribution in [0.3, 0.4) is 0 Å². The van der Waals surface area contributed by atoms with Gasteiger partial charge in [-0.2, -0.15) is 0 Å². The molecule has 0 bridgehead atoms. The zero-order chi connectivity index (χ0) is 23.8. The molecule has 0 aromatic heterocycles. The molecular formula is C28H30ClN3O2. The van der Waals surface area contributed by atoms with Crippen molar-refractivity contribution >= 4 is 29.1 Å². The highest BCUT2D eigenvalue weighted by molar-refractivity contribution is 6.31. The molecule has 0 spiro atoms. The second kappa shape index (κ2) is 11.8. The van der Waals surface area contributed by atoms with E-state index >= 15 is 0 Å². The number of nitrogens with one attached hydrogen (secondary N) is 2. The van der Waals surface area contributed by atoms with Gasteiger partial charge in [0.05, 0.1) is 11.3 Å². The summed E-state index contributed by atoms with van der Waals surface area (Å²) in [7, 11) is 0. The Kier molecular flexibility index (Phi) is 8.34. The lowest BCUT2D eigenvalue weighted by Crippen LogP contribution is -2.38. The van der Waals surface area contributed by atoms with Crippen molar-refractivity contribution in [2.24, 2.45) is 5.92 Å². The molecule has 1 aliphatic rings. The Morgan fingerprint density at radius 1 is 0.882 bits per heavy atom. The number of para-hydroxylation sites is 1. The molecule has 0 atom stereocenters. The van der Waals surface area contributed by atoms with Gasteiger partial charge in [0.15, 0.2) is 0 Å². The molecule has 3 aromatic carbocycles. The molecule has 0 saturated carbocycles. The average Bonchev–Trinajstić information content (AvgIpc) is 2.87. The first kappa shape index (κ1) is 24.0. The summed E-state index contributed by atoms with van der Waals surface area (Å²) in [6, 6.07) is 25.1. The lowest BCUT2D eigenvalue weighted by molar-refractivity contribution is -0.121. The van der Waals surface area contributed by atoms with E-state index in [4.69, 9.17) is 11.6 Å². The highest BCUT2D eigenvalue weighted by atomic mass is 35.5. The van der Waals surface area contributed by atoms with E-state index in [0.717, 1.165) is 49.5 Å². The minimum Gasteiger partial charge on any atom is -0.352 e. The molecule has 6 heteroatoms. The van der Waals surface area contributed by atoms with Crippen LogP contribution in [0.1, 0.15) is 34.3 Å². The number of halogens is 1. The lowest BCUT2D eigenvalue weighted by atomic mass is 9.95. The number of anilines is 1. The molecule has 2 amide bonds. The summed E-state index contributed by atoms with van der Waals surface area (Å²) in [6.07, 6.45) is 2.32. The quantitative estimate of drug-likeness (QED) is 0.473. The summed E-state index contributed by atoms with van der Waals surface area (Å²) in [5.74, 6) is -0.278. The van der Waals surface area contributed by atoms with Crippen LogP contribution in [0.25, 0.3) is 0 Å². The number of carbonyl (C=O) groups excluding carboxylic acids is 2. The van der Waals surface area contributed by atoms with Gasteiger partial charge in [0, 0.05) is 24.0 Å². The van der Waals surface area contributed by atoms with Crippen LogP contribution < -0.4 is 10.6 Å². The van der Waals surface area contributed by atoms with E-state index in [0.29, 0.717) is 17.8 Å². The highest BCUT2D eigenvalue weighted by Gasteiger charge is 2.26. The zero-order valence-corrected chi connectivity index (χ0v) is 19.9. The maximum Gasteiger partial charge on any atom is 0.253 e. The van der Waals surface area contributed by atoms with Crippen LogP contribution in [0.5, 0.6) is 0 Å². The Labute approximate surface area is 206 Å². The molecule has 4 rings (SSSR count). The number of nitrogens with zero attached hydrogens (tertiary/aromatic N) is 1. The van der Waals surface area contributed by atoms with Crippen molar-refractivity contribution in [3.63, 3.8) is 0 Å². The van der Waals surface area contributed by atoms with Crippen LogP contribution >= 0.6 is 11.6 Å². The maximum absolute atomic E-state index is 13.0. The van der Waals surface area contributed by atoms with E-state index in [9.17, 15) is 9.59 Å². The second-order valence-corrected chi connectivity index (χ2v) is 9.08. The fourth-order valence-corrected chi connectivity index (χ4v) is 4.50. The van der Waals surface area contributed by atoms with Crippen molar-refractivity contribution in [3.8, 4) is 0 Å². The summed E-state index contributed by atoms with van der Waals surface area (Å²) in [5, 5.41) is 6.75. The van der Waals surface area contributed by atoms with Gasteiger partial charge in [0.2, 0.25) is 5.91 Å². The minimum absolute atomic E-state index is 0.0260. The largest absolute Gasteiger partial charge is 0.352 e. The molecule has 2 N–H and O–H groups in total. The van der Waals surface area contributed by atoms with Crippen LogP contribution in [0, 0.1) is 5.92 Å². The van der Waals surface area contributed by atoms with Gasteiger partial charge < -0.3 is 10.6 Å². The molecule has 0 unspecified atom stereocenters. The van der Waals surface area contributed by atoms with Crippen LogP contribution in [0.15, 0.2) is 78.9 Å². The first-order valence-electron chi connectivity index (χ1n) is 11.8. The summed E-state index contributed by atoms with van der Waals surface area (Å²) in [6.45, 7) is 3.00. The van der Waals surface area contributed by atoms with Gasteiger partial charge in [-0.3, -0.25) is 14.5 Å². The van der Waals surface area contributed by atoms with Crippen LogP contribution in [0.4, 0.5) is 5.69 Å². The highest BCUT2D eigenvalue weighted by Crippen LogP contribution is 2.24. The summed E-state index contributed by atoms with van der Waals surface area (Å²) in [5.41, 5.74) is 3.33. The van der Waals surface area contributed by atoms with Crippen molar-refractivity contribution in [3.05, 3.63) is 101 Å². The maximum atomic E-state index is 13.0. The standard InChI is InChI=1S/C28H30ClN3O2/c29-25-12-6-4-10-23(25)20-32-18-15-22(16-19-32)27(33)31-26-13-7-5-11-24(26)28(34)30-17-14-21-8-2-1-3-9-21/h1-13,22H,14-20H2,(H,30,34)(H,31,33). The topological polar surface area (TPSA) is 61.4 Å². The minimum atomic E-state index is -0.179. The number of carbonyl (C=O) groups is 2.